The van der Waals surface area contributed by atoms with E-state index in [-0.39, 0.29) is 12.7 Å². The zero-order chi connectivity index (χ0) is 16.9. The Labute approximate surface area is 144 Å². The topological polar surface area (TPSA) is 69.2 Å². The highest BCUT2D eigenvalue weighted by Gasteiger charge is 2.15. The number of halogens is 1. The number of amides is 1. The summed E-state index contributed by atoms with van der Waals surface area (Å²) in [6, 6.07) is 10.2. The highest BCUT2D eigenvalue weighted by Crippen LogP contribution is 2.36. The molecule has 0 aliphatic carbocycles. The zero-order valence-electron chi connectivity index (χ0n) is 12.9. The minimum atomic E-state index is -0.328. The van der Waals surface area contributed by atoms with E-state index in [1.807, 2.05) is 6.92 Å². The fraction of sp³-hybridized carbons (Fsp3) is 0.176. The number of hydrogen-bond donors (Lipinski definition) is 1. The summed E-state index contributed by atoms with van der Waals surface area (Å²) >= 11 is 6.13. The highest BCUT2D eigenvalue weighted by molar-refractivity contribution is 6.33. The van der Waals surface area contributed by atoms with Gasteiger partial charge in [0.25, 0.3) is 5.91 Å². The lowest BCUT2D eigenvalue weighted by molar-refractivity contribution is 0.0955. The molecule has 0 radical (unpaired) electrons. The molecule has 7 heteroatoms. The molecule has 0 unspecified atom stereocenters. The van der Waals surface area contributed by atoms with Crippen molar-refractivity contribution in [2.75, 3.05) is 13.4 Å². The maximum atomic E-state index is 12.0. The van der Waals surface area contributed by atoms with E-state index in [9.17, 15) is 4.79 Å². The molecule has 0 fully saturated rings. The number of fused-ring (bicyclic) bond motifs is 1. The second-order valence-electron chi connectivity index (χ2n) is 4.88. The van der Waals surface area contributed by atoms with Gasteiger partial charge in [0.1, 0.15) is 5.75 Å². The molecule has 2 aromatic carbocycles. The van der Waals surface area contributed by atoms with Gasteiger partial charge in [-0.05, 0) is 37.3 Å². The second-order valence-corrected chi connectivity index (χ2v) is 5.29. The van der Waals surface area contributed by atoms with Crippen LogP contribution in [0.3, 0.4) is 0 Å². The van der Waals surface area contributed by atoms with Gasteiger partial charge in [-0.25, -0.2) is 5.43 Å². The van der Waals surface area contributed by atoms with Gasteiger partial charge in [0, 0.05) is 17.2 Å². The van der Waals surface area contributed by atoms with Crippen LogP contribution in [0.4, 0.5) is 0 Å². The molecular formula is C17H15ClN2O4. The van der Waals surface area contributed by atoms with Crippen LogP contribution in [-0.4, -0.2) is 25.5 Å². The van der Waals surface area contributed by atoms with Crippen LogP contribution in [-0.2, 0) is 0 Å². The Hall–Kier alpha value is -2.73. The third-order valence-electron chi connectivity index (χ3n) is 3.29. The van der Waals surface area contributed by atoms with E-state index in [4.69, 9.17) is 25.8 Å². The van der Waals surface area contributed by atoms with Gasteiger partial charge in [-0.15, -0.1) is 0 Å². The number of ether oxygens (including phenoxy) is 3. The Morgan fingerprint density at radius 1 is 1.29 bits per heavy atom. The first kappa shape index (κ1) is 16.1. The molecule has 0 saturated heterocycles. The lowest BCUT2D eigenvalue weighted by atomic mass is 10.2. The van der Waals surface area contributed by atoms with Crippen molar-refractivity contribution < 1.29 is 19.0 Å². The summed E-state index contributed by atoms with van der Waals surface area (Å²) in [6.45, 7) is 2.64. The average molecular weight is 347 g/mol. The van der Waals surface area contributed by atoms with E-state index in [0.717, 1.165) is 0 Å². The summed E-state index contributed by atoms with van der Waals surface area (Å²) in [4.78, 5) is 12.0. The summed E-state index contributed by atoms with van der Waals surface area (Å²) in [5.74, 6) is 1.57. The maximum absolute atomic E-state index is 12.0. The van der Waals surface area contributed by atoms with E-state index in [0.29, 0.717) is 40.0 Å². The fourth-order valence-corrected chi connectivity index (χ4v) is 2.33. The van der Waals surface area contributed by atoms with Gasteiger partial charge in [0.05, 0.1) is 17.8 Å². The number of nitrogens with one attached hydrogen (secondary N) is 1. The average Bonchev–Trinajstić information content (AvgIpc) is 3.03. The lowest BCUT2D eigenvalue weighted by Crippen LogP contribution is -2.17. The molecule has 1 N–H and O–H groups in total. The Kier molecular flexibility index (Phi) is 4.86. The molecule has 6 nitrogen and oxygen atoms in total. The summed E-state index contributed by atoms with van der Waals surface area (Å²) in [5.41, 5.74) is 3.55. The monoisotopic (exact) mass is 346 g/mol. The van der Waals surface area contributed by atoms with Crippen LogP contribution in [0.25, 0.3) is 0 Å². The van der Waals surface area contributed by atoms with Crippen molar-refractivity contribution in [2.45, 2.75) is 6.92 Å². The number of rotatable bonds is 5. The van der Waals surface area contributed by atoms with E-state index < -0.39 is 0 Å². The Bertz CT molecular complexity index is 775. The third kappa shape index (κ3) is 3.60. The molecule has 0 bridgehead atoms. The molecule has 124 valence electrons. The summed E-state index contributed by atoms with van der Waals surface area (Å²) < 4.78 is 15.8. The van der Waals surface area contributed by atoms with Crippen LogP contribution in [0.5, 0.6) is 17.2 Å². The van der Waals surface area contributed by atoms with Crippen LogP contribution in [0, 0.1) is 0 Å². The molecular weight excluding hydrogens is 332 g/mol. The number of hydrazone groups is 1. The standard InChI is InChI=1S/C17H15ClN2O4/c1-2-22-13-5-3-11(4-6-13)17(21)20-19-9-12-7-15-16(8-14(12)18)24-10-23-15/h3-9H,2,10H2,1H3,(H,20,21)/b19-9-. The molecule has 0 atom stereocenters. The second kappa shape index (κ2) is 7.23. The molecule has 1 heterocycles. The lowest BCUT2D eigenvalue weighted by Gasteiger charge is -2.04. The number of carbonyl (C=O) groups is 1. The molecule has 0 saturated carbocycles. The molecule has 1 aliphatic heterocycles. The van der Waals surface area contributed by atoms with Gasteiger partial charge >= 0.3 is 0 Å². The molecule has 3 rings (SSSR count). The van der Waals surface area contributed by atoms with Gasteiger partial charge in [-0.2, -0.15) is 5.10 Å². The minimum Gasteiger partial charge on any atom is -0.494 e. The normalized spacial score (nSPS) is 12.4. The van der Waals surface area contributed by atoms with Gasteiger partial charge in [-0.1, -0.05) is 11.6 Å². The fourth-order valence-electron chi connectivity index (χ4n) is 2.13. The van der Waals surface area contributed by atoms with Crippen LogP contribution >= 0.6 is 11.6 Å². The first-order valence-corrected chi connectivity index (χ1v) is 7.70. The van der Waals surface area contributed by atoms with Crippen molar-refractivity contribution in [2.24, 2.45) is 5.10 Å². The Morgan fingerprint density at radius 3 is 2.71 bits per heavy atom. The number of carbonyl (C=O) groups excluding carboxylic acids is 1. The Balaban J connectivity index is 1.64. The largest absolute Gasteiger partial charge is 0.494 e. The van der Waals surface area contributed by atoms with Crippen molar-refractivity contribution in [1.29, 1.82) is 0 Å². The SMILES string of the molecule is CCOc1ccc(C(=O)N/N=C\c2cc3c(cc2Cl)OCO3)cc1. The smallest absolute Gasteiger partial charge is 0.271 e. The predicted molar refractivity (Wildman–Crippen MR) is 90.2 cm³/mol. The van der Waals surface area contributed by atoms with Crippen molar-refractivity contribution in [3.63, 3.8) is 0 Å². The van der Waals surface area contributed by atoms with Crippen LogP contribution in [0.1, 0.15) is 22.8 Å². The summed E-state index contributed by atoms with van der Waals surface area (Å²) in [7, 11) is 0. The quantitative estimate of drug-likeness (QED) is 0.666. The van der Waals surface area contributed by atoms with Gasteiger partial charge < -0.3 is 14.2 Å². The van der Waals surface area contributed by atoms with Crippen molar-refractivity contribution >= 4 is 23.7 Å². The van der Waals surface area contributed by atoms with Crippen LogP contribution in [0.2, 0.25) is 5.02 Å². The first-order valence-electron chi connectivity index (χ1n) is 7.33. The van der Waals surface area contributed by atoms with Gasteiger partial charge in [0.2, 0.25) is 6.79 Å². The van der Waals surface area contributed by atoms with Crippen LogP contribution < -0.4 is 19.6 Å². The molecule has 2 aromatic rings. The number of nitrogens with zero attached hydrogens (tertiary/aromatic N) is 1. The molecule has 1 amide bonds. The number of benzene rings is 2. The van der Waals surface area contributed by atoms with E-state index in [2.05, 4.69) is 10.5 Å². The molecule has 24 heavy (non-hydrogen) atoms. The molecule has 1 aliphatic rings. The van der Waals surface area contributed by atoms with E-state index >= 15 is 0 Å². The van der Waals surface area contributed by atoms with Crippen molar-refractivity contribution in [1.82, 2.24) is 5.43 Å². The third-order valence-corrected chi connectivity index (χ3v) is 3.62. The summed E-state index contributed by atoms with van der Waals surface area (Å²) in [6.07, 6.45) is 1.46. The van der Waals surface area contributed by atoms with E-state index in [1.54, 1.807) is 36.4 Å². The maximum Gasteiger partial charge on any atom is 0.271 e. The van der Waals surface area contributed by atoms with E-state index in [1.165, 1.54) is 6.21 Å². The van der Waals surface area contributed by atoms with Gasteiger partial charge in [0.15, 0.2) is 11.5 Å². The summed E-state index contributed by atoms with van der Waals surface area (Å²) in [5, 5.41) is 4.38. The first-order chi connectivity index (χ1) is 11.7. The van der Waals surface area contributed by atoms with Gasteiger partial charge in [-0.3, -0.25) is 4.79 Å². The molecule has 0 aromatic heterocycles. The number of hydrogen-bond acceptors (Lipinski definition) is 5. The zero-order valence-corrected chi connectivity index (χ0v) is 13.7. The highest BCUT2D eigenvalue weighted by atomic mass is 35.5. The minimum absolute atomic E-state index is 0.167. The van der Waals surface area contributed by atoms with Crippen molar-refractivity contribution in [3.8, 4) is 17.2 Å². The van der Waals surface area contributed by atoms with Crippen LogP contribution in [0.15, 0.2) is 41.5 Å². The Morgan fingerprint density at radius 2 is 2.00 bits per heavy atom. The predicted octanol–water partition coefficient (Wildman–Crippen LogP) is 3.23. The van der Waals surface area contributed by atoms with Crippen molar-refractivity contribution in [3.05, 3.63) is 52.5 Å². The molecule has 0 spiro atoms.